The molecular weight excluding hydrogens is 194 g/mol. The fourth-order valence-corrected chi connectivity index (χ4v) is 2.95. The van der Waals surface area contributed by atoms with Crippen LogP contribution in [0.1, 0.15) is 71.6 Å². The van der Waals surface area contributed by atoms with Gasteiger partial charge < -0.3 is 5.32 Å². The highest BCUT2D eigenvalue weighted by Crippen LogP contribution is 2.28. The third kappa shape index (κ3) is 5.34. The first-order valence-corrected chi connectivity index (χ1v) is 7.43. The highest BCUT2D eigenvalue weighted by molar-refractivity contribution is 4.72. The van der Waals surface area contributed by atoms with E-state index in [1.54, 1.807) is 0 Å². The molecule has 1 fully saturated rings. The second kappa shape index (κ2) is 8.11. The maximum absolute atomic E-state index is 3.51. The standard InChI is InChI=1S/C15H31N/c1-4-13(2)12-15(16-3)11-10-14-8-6-5-7-9-14/h13-16H,4-12H2,1-3H3. The van der Waals surface area contributed by atoms with E-state index < -0.39 is 0 Å². The van der Waals surface area contributed by atoms with Crippen molar-refractivity contribution in [2.24, 2.45) is 11.8 Å². The first-order valence-electron chi connectivity index (χ1n) is 7.43. The van der Waals surface area contributed by atoms with E-state index >= 15 is 0 Å². The topological polar surface area (TPSA) is 12.0 Å². The normalized spacial score (nSPS) is 21.9. The molecule has 0 bridgehead atoms. The number of hydrogen-bond donors (Lipinski definition) is 1. The molecule has 0 saturated heterocycles. The maximum atomic E-state index is 3.51. The Morgan fingerprint density at radius 1 is 1.19 bits per heavy atom. The zero-order valence-electron chi connectivity index (χ0n) is 11.6. The van der Waals surface area contributed by atoms with Gasteiger partial charge in [-0.25, -0.2) is 0 Å². The monoisotopic (exact) mass is 225 g/mol. The highest BCUT2D eigenvalue weighted by atomic mass is 14.9. The molecule has 1 aliphatic carbocycles. The van der Waals surface area contributed by atoms with Crippen molar-refractivity contribution in [3.63, 3.8) is 0 Å². The lowest BCUT2D eigenvalue weighted by Crippen LogP contribution is -2.28. The average molecular weight is 225 g/mol. The van der Waals surface area contributed by atoms with Crippen LogP contribution in [0.5, 0.6) is 0 Å². The molecule has 1 saturated carbocycles. The van der Waals surface area contributed by atoms with Crippen molar-refractivity contribution in [3.05, 3.63) is 0 Å². The van der Waals surface area contributed by atoms with Crippen LogP contribution < -0.4 is 5.32 Å². The predicted octanol–water partition coefficient (Wildman–Crippen LogP) is 4.37. The van der Waals surface area contributed by atoms with E-state index in [0.29, 0.717) is 0 Å². The molecule has 2 unspecified atom stereocenters. The molecule has 16 heavy (non-hydrogen) atoms. The highest BCUT2D eigenvalue weighted by Gasteiger charge is 2.16. The Morgan fingerprint density at radius 2 is 1.88 bits per heavy atom. The molecule has 1 aliphatic rings. The molecule has 1 heteroatoms. The quantitative estimate of drug-likeness (QED) is 0.678. The fraction of sp³-hybridized carbons (Fsp3) is 1.00. The SMILES string of the molecule is CCC(C)CC(CCC1CCCCC1)NC. The van der Waals surface area contributed by atoms with Gasteiger partial charge in [0.05, 0.1) is 0 Å². The third-order valence-electron chi connectivity index (χ3n) is 4.44. The largest absolute Gasteiger partial charge is 0.317 e. The summed E-state index contributed by atoms with van der Waals surface area (Å²) in [7, 11) is 2.13. The first kappa shape index (κ1) is 14.0. The lowest BCUT2D eigenvalue weighted by Gasteiger charge is -2.25. The Labute approximate surface area is 102 Å². The van der Waals surface area contributed by atoms with Crippen molar-refractivity contribution >= 4 is 0 Å². The summed E-state index contributed by atoms with van der Waals surface area (Å²) in [5, 5.41) is 3.51. The molecule has 2 atom stereocenters. The Morgan fingerprint density at radius 3 is 2.44 bits per heavy atom. The minimum Gasteiger partial charge on any atom is -0.317 e. The molecule has 0 spiro atoms. The molecule has 0 heterocycles. The summed E-state index contributed by atoms with van der Waals surface area (Å²) >= 11 is 0. The molecule has 1 N–H and O–H groups in total. The maximum Gasteiger partial charge on any atom is 0.00667 e. The van der Waals surface area contributed by atoms with Crippen LogP contribution in [-0.2, 0) is 0 Å². The van der Waals surface area contributed by atoms with E-state index in [-0.39, 0.29) is 0 Å². The van der Waals surface area contributed by atoms with Gasteiger partial charge >= 0.3 is 0 Å². The van der Waals surface area contributed by atoms with E-state index in [1.807, 2.05) is 0 Å². The van der Waals surface area contributed by atoms with Crippen molar-refractivity contribution < 1.29 is 0 Å². The van der Waals surface area contributed by atoms with Gasteiger partial charge in [0, 0.05) is 6.04 Å². The van der Waals surface area contributed by atoms with E-state index in [0.717, 1.165) is 17.9 Å². The van der Waals surface area contributed by atoms with Gasteiger partial charge in [-0.1, -0.05) is 52.4 Å². The summed E-state index contributed by atoms with van der Waals surface area (Å²) in [4.78, 5) is 0. The zero-order chi connectivity index (χ0) is 11.8. The Kier molecular flexibility index (Phi) is 7.11. The smallest absolute Gasteiger partial charge is 0.00667 e. The van der Waals surface area contributed by atoms with Gasteiger partial charge in [0.2, 0.25) is 0 Å². The van der Waals surface area contributed by atoms with Gasteiger partial charge in [0.25, 0.3) is 0 Å². The fourth-order valence-electron chi connectivity index (χ4n) is 2.95. The molecule has 0 aromatic carbocycles. The van der Waals surface area contributed by atoms with Crippen molar-refractivity contribution in [2.75, 3.05) is 7.05 Å². The number of hydrogen-bond acceptors (Lipinski definition) is 1. The van der Waals surface area contributed by atoms with Crippen LogP contribution >= 0.6 is 0 Å². The number of rotatable bonds is 7. The third-order valence-corrected chi connectivity index (χ3v) is 4.44. The van der Waals surface area contributed by atoms with E-state index in [4.69, 9.17) is 0 Å². The summed E-state index contributed by atoms with van der Waals surface area (Å²) < 4.78 is 0. The molecule has 1 rings (SSSR count). The number of nitrogens with one attached hydrogen (secondary N) is 1. The average Bonchev–Trinajstić information content (AvgIpc) is 2.35. The van der Waals surface area contributed by atoms with Gasteiger partial charge in [-0.15, -0.1) is 0 Å². The van der Waals surface area contributed by atoms with Gasteiger partial charge in [-0.3, -0.25) is 0 Å². The molecule has 1 nitrogen and oxygen atoms in total. The van der Waals surface area contributed by atoms with Gasteiger partial charge in [0.15, 0.2) is 0 Å². The molecule has 0 amide bonds. The van der Waals surface area contributed by atoms with Crippen molar-refractivity contribution in [1.29, 1.82) is 0 Å². The van der Waals surface area contributed by atoms with Crippen LogP contribution in [0.3, 0.4) is 0 Å². The van der Waals surface area contributed by atoms with Crippen LogP contribution in [0, 0.1) is 11.8 Å². The molecule has 0 aromatic rings. The van der Waals surface area contributed by atoms with Gasteiger partial charge in [-0.2, -0.15) is 0 Å². The van der Waals surface area contributed by atoms with Crippen molar-refractivity contribution in [1.82, 2.24) is 5.32 Å². The summed E-state index contributed by atoms with van der Waals surface area (Å²) in [6.45, 7) is 4.68. The van der Waals surface area contributed by atoms with Gasteiger partial charge in [-0.05, 0) is 38.1 Å². The van der Waals surface area contributed by atoms with Crippen molar-refractivity contribution in [2.45, 2.75) is 77.7 Å². The van der Waals surface area contributed by atoms with E-state index in [9.17, 15) is 0 Å². The Bertz CT molecular complexity index is 161. The second-order valence-electron chi connectivity index (χ2n) is 5.82. The lowest BCUT2D eigenvalue weighted by atomic mass is 9.84. The summed E-state index contributed by atoms with van der Waals surface area (Å²) in [5.74, 6) is 1.92. The van der Waals surface area contributed by atoms with E-state index in [2.05, 4.69) is 26.2 Å². The minimum atomic E-state index is 0.761. The summed E-state index contributed by atoms with van der Waals surface area (Å²) in [6, 6.07) is 0.761. The molecule has 0 aliphatic heterocycles. The Hall–Kier alpha value is -0.0400. The Balaban J connectivity index is 2.16. The molecular formula is C15H31N. The molecule has 96 valence electrons. The molecule has 0 radical (unpaired) electrons. The zero-order valence-corrected chi connectivity index (χ0v) is 11.6. The van der Waals surface area contributed by atoms with Crippen LogP contribution in [0.15, 0.2) is 0 Å². The van der Waals surface area contributed by atoms with Gasteiger partial charge in [0.1, 0.15) is 0 Å². The predicted molar refractivity (Wildman–Crippen MR) is 72.7 cm³/mol. The van der Waals surface area contributed by atoms with Crippen LogP contribution in [0.2, 0.25) is 0 Å². The lowest BCUT2D eigenvalue weighted by molar-refractivity contribution is 0.301. The summed E-state index contributed by atoms with van der Waals surface area (Å²) in [5.41, 5.74) is 0. The van der Waals surface area contributed by atoms with Crippen LogP contribution in [0.25, 0.3) is 0 Å². The summed E-state index contributed by atoms with van der Waals surface area (Å²) in [6.07, 6.45) is 13.0. The minimum absolute atomic E-state index is 0.761. The second-order valence-corrected chi connectivity index (χ2v) is 5.82. The van der Waals surface area contributed by atoms with Crippen LogP contribution in [-0.4, -0.2) is 13.1 Å². The first-order chi connectivity index (χ1) is 7.76. The van der Waals surface area contributed by atoms with Crippen LogP contribution in [0.4, 0.5) is 0 Å². The van der Waals surface area contributed by atoms with Crippen molar-refractivity contribution in [3.8, 4) is 0 Å². The molecule has 0 aromatic heterocycles. The van der Waals surface area contributed by atoms with E-state index in [1.165, 1.54) is 57.8 Å².